The summed E-state index contributed by atoms with van der Waals surface area (Å²) in [6.07, 6.45) is 0. The molecule has 0 spiro atoms. The molecular weight excluding hydrogens is 696 g/mol. The van der Waals surface area contributed by atoms with E-state index in [-0.39, 0.29) is 11.1 Å². The zero-order valence-electron chi connectivity index (χ0n) is 34.8. The molecule has 3 aromatic rings. The topological polar surface area (TPSA) is 134 Å². The van der Waals surface area contributed by atoms with E-state index >= 15 is 0 Å². The third-order valence-electron chi connectivity index (χ3n) is 9.51. The normalized spacial score (nSPS) is 12.5. The molecule has 0 unspecified atom stereocenters. The molecule has 0 radical (unpaired) electrons. The van der Waals surface area contributed by atoms with Crippen molar-refractivity contribution in [2.45, 2.75) is 129 Å². The van der Waals surface area contributed by atoms with Gasteiger partial charge >= 0.3 is 17.9 Å². The Morgan fingerprint density at radius 2 is 0.741 bits per heavy atom. The molecule has 12 nitrogen and oxygen atoms in total. The summed E-state index contributed by atoms with van der Waals surface area (Å²) in [6, 6.07) is 9.39. The standard InChI is InChI=1S/C42H56O12/c1-23-18-25(3)31(26(4)19-23)36(43)46-42(40(12,13)14,41(15,16)17)35-33(29(7)22-30(8)34(35)39(9,10)11)38(45)48-50-52-54-53-51-49-47-37(44)32-27(5)20-24(2)21-28(32)6/h18-22H,1-17H3. The van der Waals surface area contributed by atoms with Crippen molar-refractivity contribution in [3.05, 3.63) is 103 Å². The van der Waals surface area contributed by atoms with Crippen molar-refractivity contribution in [1.29, 1.82) is 0 Å². The van der Waals surface area contributed by atoms with Crippen molar-refractivity contribution >= 4 is 17.9 Å². The smallest absolute Gasteiger partial charge is 0.377 e. The quantitative estimate of drug-likeness (QED) is 0.0754. The van der Waals surface area contributed by atoms with Crippen LogP contribution in [-0.2, 0) is 55.8 Å². The van der Waals surface area contributed by atoms with Crippen LogP contribution >= 0.6 is 0 Å². The second-order valence-electron chi connectivity index (χ2n) is 17.2. The Morgan fingerprint density at radius 3 is 1.11 bits per heavy atom. The van der Waals surface area contributed by atoms with Gasteiger partial charge in [-0.05, 0) is 99.7 Å². The van der Waals surface area contributed by atoms with Crippen molar-refractivity contribution in [2.75, 3.05) is 0 Å². The van der Waals surface area contributed by atoms with E-state index in [1.807, 2.05) is 127 Å². The summed E-state index contributed by atoms with van der Waals surface area (Å²) < 4.78 is 6.89. The molecule has 0 aromatic heterocycles. The van der Waals surface area contributed by atoms with Gasteiger partial charge in [0.15, 0.2) is 0 Å². The van der Waals surface area contributed by atoms with Crippen LogP contribution in [0, 0.1) is 66.2 Å². The lowest BCUT2D eigenvalue weighted by Crippen LogP contribution is -2.55. The summed E-state index contributed by atoms with van der Waals surface area (Å²) in [5, 5.41) is 25.8. The summed E-state index contributed by atoms with van der Waals surface area (Å²) in [5.74, 6) is -2.33. The van der Waals surface area contributed by atoms with E-state index in [0.717, 1.165) is 33.4 Å². The number of hydrogen-bond donors (Lipinski definition) is 0. The first kappa shape index (κ1) is 44.2. The van der Waals surface area contributed by atoms with Crippen LogP contribution in [0.4, 0.5) is 0 Å². The summed E-state index contributed by atoms with van der Waals surface area (Å²) in [4.78, 5) is 50.7. The molecular formula is C42H56O12. The lowest BCUT2D eigenvalue weighted by atomic mass is 9.55. The Morgan fingerprint density at radius 1 is 0.407 bits per heavy atom. The maximum absolute atomic E-state index is 14.5. The fourth-order valence-corrected chi connectivity index (χ4v) is 8.21. The fraction of sp³-hybridized carbons (Fsp3) is 0.500. The van der Waals surface area contributed by atoms with Crippen LogP contribution in [0.5, 0.6) is 0 Å². The maximum Gasteiger partial charge on any atom is 0.377 e. The van der Waals surface area contributed by atoms with Crippen LogP contribution in [-0.4, -0.2) is 17.9 Å². The number of carbonyl (C=O) groups is 3. The number of hydrogen-bond acceptors (Lipinski definition) is 12. The third-order valence-corrected chi connectivity index (χ3v) is 9.51. The molecule has 0 atom stereocenters. The lowest BCUT2D eigenvalue weighted by molar-refractivity contribution is -0.805. The molecule has 3 rings (SSSR count). The molecule has 0 aliphatic rings. The van der Waals surface area contributed by atoms with Gasteiger partial charge in [-0.2, -0.15) is 0 Å². The van der Waals surface area contributed by atoms with E-state index in [0.29, 0.717) is 27.8 Å². The largest absolute Gasteiger partial charge is 0.449 e. The molecule has 296 valence electrons. The highest BCUT2D eigenvalue weighted by Crippen LogP contribution is 2.58. The molecule has 0 aliphatic carbocycles. The first-order valence-corrected chi connectivity index (χ1v) is 17.7. The Hall–Kier alpha value is -4.17. The molecule has 0 heterocycles. The van der Waals surface area contributed by atoms with Crippen LogP contribution in [0.25, 0.3) is 0 Å². The average Bonchev–Trinajstić information content (AvgIpc) is 2.97. The highest BCUT2D eigenvalue weighted by molar-refractivity contribution is 5.96. The van der Waals surface area contributed by atoms with Gasteiger partial charge in [0.05, 0.1) is 16.7 Å². The fourth-order valence-electron chi connectivity index (χ4n) is 8.21. The minimum atomic E-state index is -1.44. The van der Waals surface area contributed by atoms with E-state index < -0.39 is 39.8 Å². The first-order valence-electron chi connectivity index (χ1n) is 17.7. The maximum atomic E-state index is 14.5. The molecule has 0 bridgehead atoms. The third kappa shape index (κ3) is 9.37. The Balaban J connectivity index is 1.95. The van der Waals surface area contributed by atoms with Crippen molar-refractivity contribution in [2.24, 2.45) is 10.8 Å². The average molecular weight is 753 g/mol. The van der Waals surface area contributed by atoms with Gasteiger partial charge in [0.1, 0.15) is 5.60 Å². The monoisotopic (exact) mass is 752 g/mol. The van der Waals surface area contributed by atoms with Gasteiger partial charge in [-0.25, -0.2) is 14.4 Å². The molecule has 0 fully saturated rings. The number of rotatable bonds is 12. The molecule has 3 aromatic carbocycles. The second-order valence-corrected chi connectivity index (χ2v) is 17.2. The van der Waals surface area contributed by atoms with E-state index in [4.69, 9.17) is 9.62 Å². The predicted octanol–water partition coefficient (Wildman–Crippen LogP) is 10.1. The number of carbonyl (C=O) groups excluding carboxylic acids is 3. The van der Waals surface area contributed by atoms with Gasteiger partial charge in [-0.15, -0.1) is 0 Å². The van der Waals surface area contributed by atoms with Gasteiger partial charge in [-0.1, -0.05) is 104 Å². The van der Waals surface area contributed by atoms with Crippen LogP contribution in [0.3, 0.4) is 0 Å². The van der Waals surface area contributed by atoms with Gasteiger partial charge in [0, 0.05) is 46.6 Å². The summed E-state index contributed by atoms with van der Waals surface area (Å²) in [5.41, 5.74) is 4.90. The van der Waals surface area contributed by atoms with Gasteiger partial charge in [0.25, 0.3) is 0 Å². The van der Waals surface area contributed by atoms with Crippen molar-refractivity contribution in [1.82, 2.24) is 0 Å². The summed E-state index contributed by atoms with van der Waals surface area (Å²) in [7, 11) is 0. The zero-order valence-corrected chi connectivity index (χ0v) is 34.8. The van der Waals surface area contributed by atoms with E-state index in [1.165, 1.54) is 0 Å². The van der Waals surface area contributed by atoms with Crippen molar-refractivity contribution in [3.8, 4) is 0 Å². The van der Waals surface area contributed by atoms with E-state index in [2.05, 4.69) is 35.1 Å². The SMILES string of the molecule is Cc1cc(C)c(C(=O)OOOOOOOOC(=O)c2c(C)cc(C)c(C(C)(C)C)c2C(OC(=O)c2c(C)cc(C)cc2C)(C(C)(C)C)C(C)(C)C)c(C)c1. The van der Waals surface area contributed by atoms with Crippen LogP contribution in [0.1, 0.15) is 149 Å². The number of benzene rings is 3. The van der Waals surface area contributed by atoms with E-state index in [9.17, 15) is 14.4 Å². The van der Waals surface area contributed by atoms with Crippen LogP contribution in [0.15, 0.2) is 30.3 Å². The lowest BCUT2D eigenvalue weighted by Gasteiger charge is -2.54. The molecule has 0 N–H and O–H groups in total. The minimum absolute atomic E-state index is 0.109. The first-order chi connectivity index (χ1) is 24.8. The van der Waals surface area contributed by atoms with Gasteiger partial charge < -0.3 is 4.74 Å². The highest BCUT2D eigenvalue weighted by Gasteiger charge is 2.59. The van der Waals surface area contributed by atoms with Crippen molar-refractivity contribution in [3.63, 3.8) is 0 Å². The zero-order chi connectivity index (χ0) is 41.1. The molecule has 12 heteroatoms. The number of aryl methyl sites for hydroxylation is 8. The molecule has 0 saturated heterocycles. The van der Waals surface area contributed by atoms with E-state index in [1.54, 1.807) is 20.8 Å². The minimum Gasteiger partial charge on any atom is -0.449 e. The molecule has 0 saturated carbocycles. The Bertz CT molecular complexity index is 1830. The van der Waals surface area contributed by atoms with Gasteiger partial charge in [0.2, 0.25) is 0 Å². The van der Waals surface area contributed by atoms with Crippen molar-refractivity contribution < 1.29 is 59.1 Å². The molecule has 0 aliphatic heterocycles. The van der Waals surface area contributed by atoms with Gasteiger partial charge in [-0.3, -0.25) is 9.78 Å². The summed E-state index contributed by atoms with van der Waals surface area (Å²) >= 11 is 0. The van der Waals surface area contributed by atoms with Crippen LogP contribution < -0.4 is 0 Å². The number of esters is 1. The summed E-state index contributed by atoms with van der Waals surface area (Å²) in [6.45, 7) is 32.8. The highest BCUT2D eigenvalue weighted by atomic mass is 17.9. The Kier molecular flexibility index (Phi) is 13.7. The molecule has 54 heavy (non-hydrogen) atoms. The number of ether oxygens (including phenoxy) is 1. The van der Waals surface area contributed by atoms with Crippen LogP contribution in [0.2, 0.25) is 0 Å². The predicted molar refractivity (Wildman–Crippen MR) is 199 cm³/mol. The second kappa shape index (κ2) is 16.7. The molecule has 0 amide bonds. The Labute approximate surface area is 318 Å².